The average molecular weight is 409 g/mol. The SMILES string of the molecule is CCOCCNc1nc(SCC)nc2c1cnn2CCNC(=O)CC(C)(C)C. The average Bonchev–Trinajstić information content (AvgIpc) is 3.00. The molecule has 156 valence electrons. The van der Waals surface area contributed by atoms with Crippen LogP contribution in [0.15, 0.2) is 11.4 Å². The number of nitrogens with zero attached hydrogens (tertiary/aromatic N) is 4. The first-order chi connectivity index (χ1) is 13.3. The minimum absolute atomic E-state index is 0.0238. The molecular weight excluding hydrogens is 376 g/mol. The van der Waals surface area contributed by atoms with Crippen molar-refractivity contribution in [2.45, 2.75) is 52.7 Å². The number of nitrogens with one attached hydrogen (secondary N) is 2. The molecule has 1 amide bonds. The zero-order chi connectivity index (χ0) is 20.6. The second-order valence-corrected chi connectivity index (χ2v) is 8.84. The van der Waals surface area contributed by atoms with E-state index in [2.05, 4.69) is 53.4 Å². The minimum atomic E-state index is -0.0238. The van der Waals surface area contributed by atoms with E-state index in [9.17, 15) is 4.79 Å². The molecule has 2 rings (SSSR count). The molecule has 28 heavy (non-hydrogen) atoms. The van der Waals surface area contributed by atoms with E-state index < -0.39 is 0 Å². The van der Waals surface area contributed by atoms with E-state index in [0.29, 0.717) is 44.4 Å². The lowest BCUT2D eigenvalue weighted by Crippen LogP contribution is -2.30. The van der Waals surface area contributed by atoms with Gasteiger partial charge in [-0.15, -0.1) is 0 Å². The molecule has 2 aromatic heterocycles. The molecular formula is C19H32N6O2S. The number of rotatable bonds is 11. The number of hydrogen-bond acceptors (Lipinski definition) is 7. The van der Waals surface area contributed by atoms with Crippen LogP contribution in [-0.2, 0) is 16.1 Å². The van der Waals surface area contributed by atoms with Crippen molar-refractivity contribution in [2.24, 2.45) is 5.41 Å². The molecule has 0 bridgehead atoms. The van der Waals surface area contributed by atoms with E-state index in [0.717, 1.165) is 22.6 Å². The van der Waals surface area contributed by atoms with Crippen molar-refractivity contribution in [1.29, 1.82) is 0 Å². The zero-order valence-corrected chi connectivity index (χ0v) is 18.4. The smallest absolute Gasteiger partial charge is 0.220 e. The van der Waals surface area contributed by atoms with Gasteiger partial charge in [-0.2, -0.15) is 5.10 Å². The highest BCUT2D eigenvalue weighted by molar-refractivity contribution is 7.99. The van der Waals surface area contributed by atoms with Gasteiger partial charge in [0.2, 0.25) is 5.91 Å². The van der Waals surface area contributed by atoms with Gasteiger partial charge in [-0.25, -0.2) is 14.6 Å². The summed E-state index contributed by atoms with van der Waals surface area (Å²) in [7, 11) is 0. The Morgan fingerprint density at radius 3 is 2.71 bits per heavy atom. The number of hydrogen-bond donors (Lipinski definition) is 2. The van der Waals surface area contributed by atoms with E-state index in [1.54, 1.807) is 18.0 Å². The minimum Gasteiger partial charge on any atom is -0.380 e. The normalized spacial score (nSPS) is 11.8. The van der Waals surface area contributed by atoms with Gasteiger partial charge in [0.15, 0.2) is 10.8 Å². The Labute approximate surface area is 171 Å². The summed E-state index contributed by atoms with van der Waals surface area (Å²) in [6.45, 7) is 13.3. The van der Waals surface area contributed by atoms with E-state index in [1.165, 1.54) is 0 Å². The summed E-state index contributed by atoms with van der Waals surface area (Å²) in [5.74, 6) is 1.71. The van der Waals surface area contributed by atoms with E-state index in [1.807, 2.05) is 11.6 Å². The lowest BCUT2D eigenvalue weighted by Gasteiger charge is -2.17. The molecule has 0 unspecified atom stereocenters. The van der Waals surface area contributed by atoms with Gasteiger partial charge in [-0.1, -0.05) is 39.5 Å². The van der Waals surface area contributed by atoms with Crippen molar-refractivity contribution in [2.75, 3.05) is 37.4 Å². The molecule has 0 fully saturated rings. The fraction of sp³-hybridized carbons (Fsp3) is 0.684. The van der Waals surface area contributed by atoms with Crippen LogP contribution >= 0.6 is 11.8 Å². The lowest BCUT2D eigenvalue weighted by atomic mass is 9.92. The summed E-state index contributed by atoms with van der Waals surface area (Å²) in [5.41, 5.74) is 0.749. The Balaban J connectivity index is 2.09. The highest BCUT2D eigenvalue weighted by atomic mass is 32.2. The zero-order valence-electron chi connectivity index (χ0n) is 17.5. The monoisotopic (exact) mass is 408 g/mol. The third kappa shape index (κ3) is 6.94. The van der Waals surface area contributed by atoms with E-state index >= 15 is 0 Å². The maximum Gasteiger partial charge on any atom is 0.220 e. The highest BCUT2D eigenvalue weighted by Crippen LogP contribution is 2.24. The molecule has 9 heteroatoms. The third-order valence-corrected chi connectivity index (χ3v) is 4.56. The van der Waals surface area contributed by atoms with Crippen LogP contribution in [0.25, 0.3) is 11.0 Å². The Bertz CT molecular complexity index is 772. The number of aromatic nitrogens is 4. The standard InChI is InChI=1S/C19H32N6O2S/c1-6-27-11-9-21-16-14-13-22-25(17(14)24-18(23-16)28-7-2)10-8-20-15(26)12-19(3,4)5/h13H,6-12H2,1-5H3,(H,20,26)(H,21,23,24). The Morgan fingerprint density at radius 2 is 2.04 bits per heavy atom. The molecule has 0 aliphatic rings. The molecule has 2 N–H and O–H groups in total. The molecule has 0 spiro atoms. The van der Waals surface area contributed by atoms with Crippen molar-refractivity contribution in [1.82, 2.24) is 25.1 Å². The number of fused-ring (bicyclic) bond motifs is 1. The second-order valence-electron chi connectivity index (χ2n) is 7.60. The van der Waals surface area contributed by atoms with E-state index in [-0.39, 0.29) is 11.3 Å². The largest absolute Gasteiger partial charge is 0.380 e. The fourth-order valence-corrected chi connectivity index (χ4v) is 3.22. The predicted molar refractivity (Wildman–Crippen MR) is 114 cm³/mol. The molecule has 0 saturated heterocycles. The summed E-state index contributed by atoms with van der Waals surface area (Å²) in [6.07, 6.45) is 2.27. The van der Waals surface area contributed by atoms with Crippen LogP contribution < -0.4 is 10.6 Å². The van der Waals surface area contributed by atoms with Crippen molar-refractivity contribution >= 4 is 34.5 Å². The van der Waals surface area contributed by atoms with Gasteiger partial charge in [0, 0.05) is 26.1 Å². The molecule has 2 aromatic rings. The van der Waals surface area contributed by atoms with Crippen LogP contribution in [0.4, 0.5) is 5.82 Å². The van der Waals surface area contributed by atoms with E-state index in [4.69, 9.17) is 4.74 Å². The summed E-state index contributed by atoms with van der Waals surface area (Å²) < 4.78 is 7.21. The van der Waals surface area contributed by atoms with Crippen LogP contribution in [-0.4, -0.2) is 57.7 Å². The first kappa shape index (κ1) is 22.4. The number of thioether (sulfide) groups is 1. The quantitative estimate of drug-likeness (QED) is 0.335. The Kier molecular flexibility index (Phi) is 8.50. The van der Waals surface area contributed by atoms with Crippen LogP contribution in [0.5, 0.6) is 0 Å². The molecule has 0 saturated carbocycles. The third-order valence-electron chi connectivity index (χ3n) is 3.83. The number of anilines is 1. The second kappa shape index (κ2) is 10.6. The van der Waals surface area contributed by atoms with Gasteiger partial charge in [-0.05, 0) is 18.1 Å². The maximum absolute atomic E-state index is 12.0. The topological polar surface area (TPSA) is 94.0 Å². The summed E-state index contributed by atoms with van der Waals surface area (Å²) in [6, 6.07) is 0. The molecule has 0 radical (unpaired) electrons. The predicted octanol–water partition coefficient (Wildman–Crippen LogP) is 2.94. The molecule has 0 atom stereocenters. The summed E-state index contributed by atoms with van der Waals surface area (Å²) in [5, 5.41) is 12.3. The maximum atomic E-state index is 12.0. The van der Waals surface area contributed by atoms with Crippen molar-refractivity contribution in [3.05, 3.63) is 6.20 Å². The fourth-order valence-electron chi connectivity index (χ4n) is 2.66. The van der Waals surface area contributed by atoms with Gasteiger partial charge in [0.25, 0.3) is 0 Å². The van der Waals surface area contributed by atoms with Crippen molar-refractivity contribution in [3.63, 3.8) is 0 Å². The van der Waals surface area contributed by atoms with Gasteiger partial charge < -0.3 is 15.4 Å². The van der Waals surface area contributed by atoms with Gasteiger partial charge in [0.05, 0.1) is 24.7 Å². The van der Waals surface area contributed by atoms with Crippen LogP contribution in [0.3, 0.4) is 0 Å². The van der Waals surface area contributed by atoms with Gasteiger partial charge in [-0.3, -0.25) is 4.79 Å². The van der Waals surface area contributed by atoms with Crippen LogP contribution in [0.2, 0.25) is 0 Å². The molecule has 0 aliphatic carbocycles. The Hall–Kier alpha value is -1.87. The Morgan fingerprint density at radius 1 is 1.25 bits per heavy atom. The highest BCUT2D eigenvalue weighted by Gasteiger charge is 2.16. The van der Waals surface area contributed by atoms with Gasteiger partial charge in [0.1, 0.15) is 5.82 Å². The summed E-state index contributed by atoms with van der Waals surface area (Å²) >= 11 is 1.59. The molecule has 8 nitrogen and oxygen atoms in total. The molecule has 0 aliphatic heterocycles. The number of carbonyl (C=O) groups is 1. The van der Waals surface area contributed by atoms with Crippen molar-refractivity contribution in [3.8, 4) is 0 Å². The molecule has 0 aromatic carbocycles. The summed E-state index contributed by atoms with van der Waals surface area (Å²) in [4.78, 5) is 21.3. The number of amides is 1. The first-order valence-electron chi connectivity index (χ1n) is 9.78. The number of ether oxygens (including phenoxy) is 1. The molecule has 2 heterocycles. The first-order valence-corrected chi connectivity index (χ1v) is 10.8. The van der Waals surface area contributed by atoms with Crippen LogP contribution in [0.1, 0.15) is 41.0 Å². The lowest BCUT2D eigenvalue weighted by molar-refractivity contribution is -0.122. The number of carbonyl (C=O) groups excluding carboxylic acids is 1. The van der Waals surface area contributed by atoms with Crippen molar-refractivity contribution < 1.29 is 9.53 Å². The van der Waals surface area contributed by atoms with Crippen LogP contribution in [0, 0.1) is 5.41 Å². The van der Waals surface area contributed by atoms with Gasteiger partial charge >= 0.3 is 0 Å².